The zero-order valence-corrected chi connectivity index (χ0v) is 9.43. The van der Waals surface area contributed by atoms with Gasteiger partial charge in [-0.15, -0.1) is 0 Å². The van der Waals surface area contributed by atoms with Crippen LogP contribution < -0.4 is 16.6 Å². The number of nitrogens with two attached hydrogens (primary N) is 1. The van der Waals surface area contributed by atoms with Gasteiger partial charge in [-0.1, -0.05) is 0 Å². The molecule has 2 aromatic heterocycles. The Morgan fingerprint density at radius 2 is 2.28 bits per heavy atom. The van der Waals surface area contributed by atoms with E-state index >= 15 is 0 Å². The van der Waals surface area contributed by atoms with Crippen molar-refractivity contribution in [2.45, 2.75) is 13.5 Å². The Morgan fingerprint density at radius 1 is 1.56 bits per heavy atom. The van der Waals surface area contributed by atoms with Crippen LogP contribution in [0, 0.1) is 0 Å². The number of carbonyl (C=O) groups excluding carboxylic acids is 2. The highest BCUT2D eigenvalue weighted by atomic mass is 16.2. The summed E-state index contributed by atoms with van der Waals surface area (Å²) < 4.78 is 1.33. The molecule has 2 rings (SSSR count). The van der Waals surface area contributed by atoms with E-state index in [0.29, 0.717) is 0 Å². The smallest absolute Gasteiger partial charge is 0.280 e. The molecule has 0 aliphatic heterocycles. The highest BCUT2D eigenvalue weighted by molar-refractivity contribution is 5.87. The normalized spacial score (nSPS) is 10.5. The van der Waals surface area contributed by atoms with Gasteiger partial charge in [-0.3, -0.25) is 24.7 Å². The van der Waals surface area contributed by atoms with Crippen molar-refractivity contribution in [2.75, 3.05) is 5.32 Å². The molecule has 9 nitrogen and oxygen atoms in total. The van der Waals surface area contributed by atoms with Crippen LogP contribution in [0.4, 0.5) is 5.95 Å². The number of amides is 2. The third-order valence-corrected chi connectivity index (χ3v) is 2.10. The van der Waals surface area contributed by atoms with E-state index in [1.54, 1.807) is 0 Å². The lowest BCUT2D eigenvalue weighted by molar-refractivity contribution is -0.118. The second-order valence-corrected chi connectivity index (χ2v) is 3.61. The van der Waals surface area contributed by atoms with Crippen LogP contribution >= 0.6 is 0 Å². The zero-order chi connectivity index (χ0) is 13.3. The van der Waals surface area contributed by atoms with Gasteiger partial charge in [-0.25, -0.2) is 4.98 Å². The molecule has 0 unspecified atom stereocenters. The molecular weight excluding hydrogens is 240 g/mol. The average molecular weight is 250 g/mol. The van der Waals surface area contributed by atoms with E-state index < -0.39 is 11.5 Å². The Balaban J connectivity index is 2.56. The summed E-state index contributed by atoms with van der Waals surface area (Å²) in [6, 6.07) is 0. The largest absolute Gasteiger partial charge is 0.368 e. The predicted molar refractivity (Wildman–Crippen MR) is 61.6 cm³/mol. The Morgan fingerprint density at radius 3 is 2.89 bits per heavy atom. The molecule has 2 amide bonds. The summed E-state index contributed by atoms with van der Waals surface area (Å²) in [5.74, 6) is -0.970. The topological polar surface area (TPSA) is 136 Å². The molecule has 0 radical (unpaired) electrons. The van der Waals surface area contributed by atoms with Crippen LogP contribution in [0.5, 0.6) is 0 Å². The van der Waals surface area contributed by atoms with Crippen molar-refractivity contribution in [1.29, 1.82) is 0 Å². The van der Waals surface area contributed by atoms with Crippen LogP contribution in [0.25, 0.3) is 11.2 Å². The number of nitrogens with one attached hydrogen (secondary N) is 2. The number of fused-ring (bicyclic) bond motifs is 1. The number of H-pyrrole nitrogens is 1. The van der Waals surface area contributed by atoms with Crippen molar-refractivity contribution in [3.8, 4) is 0 Å². The standard InChI is InChI=1S/C9H10N6O3/c1-4(16)12-9-13-7-6(8(18)14-9)11-3-15(7)2-5(10)17/h3H,2H2,1H3,(H2,10,17)(H2,12,13,14,16,18). The molecule has 0 saturated carbocycles. The highest BCUT2D eigenvalue weighted by Gasteiger charge is 2.11. The first kappa shape index (κ1) is 11.8. The predicted octanol–water partition coefficient (Wildman–Crippen LogP) is -1.44. The molecule has 18 heavy (non-hydrogen) atoms. The third kappa shape index (κ3) is 2.19. The Kier molecular flexibility index (Phi) is 2.80. The Labute approximate surface area is 100 Å². The number of aromatic nitrogens is 4. The SMILES string of the molecule is CC(=O)Nc1nc2c(ncn2CC(N)=O)c(=O)[nH]1. The number of rotatable bonds is 3. The van der Waals surface area contributed by atoms with E-state index in [1.165, 1.54) is 17.8 Å². The summed E-state index contributed by atoms with van der Waals surface area (Å²) in [6.07, 6.45) is 1.29. The number of aromatic amines is 1. The summed E-state index contributed by atoms with van der Waals surface area (Å²) in [6.45, 7) is 1.14. The van der Waals surface area contributed by atoms with Crippen molar-refractivity contribution in [3.63, 3.8) is 0 Å². The third-order valence-electron chi connectivity index (χ3n) is 2.10. The van der Waals surface area contributed by atoms with Crippen LogP contribution in [0.15, 0.2) is 11.1 Å². The number of nitrogens with zero attached hydrogens (tertiary/aromatic N) is 3. The molecule has 0 aliphatic rings. The van der Waals surface area contributed by atoms with Crippen molar-refractivity contribution >= 4 is 28.9 Å². The number of anilines is 1. The van der Waals surface area contributed by atoms with Gasteiger partial charge in [0.05, 0.1) is 6.33 Å². The number of imidazole rings is 1. The monoisotopic (exact) mass is 250 g/mol. The molecule has 0 fully saturated rings. The molecule has 9 heteroatoms. The number of primary amides is 1. The summed E-state index contributed by atoms with van der Waals surface area (Å²) in [4.78, 5) is 43.6. The molecule has 94 valence electrons. The average Bonchev–Trinajstić information content (AvgIpc) is 2.60. The first-order valence-corrected chi connectivity index (χ1v) is 4.98. The lowest BCUT2D eigenvalue weighted by Crippen LogP contribution is -2.20. The van der Waals surface area contributed by atoms with Gasteiger partial charge in [-0.2, -0.15) is 4.98 Å². The van der Waals surface area contributed by atoms with E-state index in [2.05, 4.69) is 20.3 Å². The molecule has 2 aromatic rings. The first-order chi connectivity index (χ1) is 8.47. The van der Waals surface area contributed by atoms with Crippen LogP contribution in [0.2, 0.25) is 0 Å². The molecule has 0 aromatic carbocycles. The first-order valence-electron chi connectivity index (χ1n) is 4.98. The summed E-state index contributed by atoms with van der Waals surface area (Å²) in [5, 5.41) is 2.35. The summed E-state index contributed by atoms with van der Waals surface area (Å²) >= 11 is 0. The zero-order valence-electron chi connectivity index (χ0n) is 9.43. The van der Waals surface area contributed by atoms with Crippen LogP contribution in [-0.2, 0) is 16.1 Å². The molecule has 0 aliphatic carbocycles. The van der Waals surface area contributed by atoms with Gasteiger partial charge >= 0.3 is 0 Å². The van der Waals surface area contributed by atoms with Gasteiger partial charge in [0.2, 0.25) is 17.8 Å². The van der Waals surface area contributed by atoms with Crippen LogP contribution in [-0.4, -0.2) is 31.3 Å². The number of hydrogen-bond acceptors (Lipinski definition) is 5. The molecule has 4 N–H and O–H groups in total. The lowest BCUT2D eigenvalue weighted by atomic mass is 10.5. The molecule has 2 heterocycles. The maximum absolute atomic E-state index is 11.6. The van der Waals surface area contributed by atoms with Crippen molar-refractivity contribution in [2.24, 2.45) is 5.73 Å². The number of hydrogen-bond donors (Lipinski definition) is 3. The van der Waals surface area contributed by atoms with Crippen molar-refractivity contribution in [3.05, 3.63) is 16.7 Å². The minimum absolute atomic E-state index is 0.00813. The van der Waals surface area contributed by atoms with E-state index in [4.69, 9.17) is 5.73 Å². The maximum atomic E-state index is 11.6. The second-order valence-electron chi connectivity index (χ2n) is 3.61. The van der Waals surface area contributed by atoms with E-state index in [0.717, 1.165) is 0 Å². The van der Waals surface area contributed by atoms with E-state index in [-0.39, 0.29) is 29.6 Å². The fourth-order valence-electron chi connectivity index (χ4n) is 1.46. The van der Waals surface area contributed by atoms with E-state index in [9.17, 15) is 14.4 Å². The van der Waals surface area contributed by atoms with Gasteiger partial charge in [0.1, 0.15) is 6.54 Å². The summed E-state index contributed by atoms with van der Waals surface area (Å²) in [7, 11) is 0. The summed E-state index contributed by atoms with van der Waals surface area (Å²) in [5.41, 5.74) is 4.81. The Hall–Kier alpha value is -2.71. The van der Waals surface area contributed by atoms with Crippen molar-refractivity contribution in [1.82, 2.24) is 19.5 Å². The second kappa shape index (κ2) is 4.28. The van der Waals surface area contributed by atoms with Gasteiger partial charge in [0.15, 0.2) is 11.2 Å². The van der Waals surface area contributed by atoms with Gasteiger partial charge in [0.25, 0.3) is 5.56 Å². The maximum Gasteiger partial charge on any atom is 0.280 e. The lowest BCUT2D eigenvalue weighted by Gasteiger charge is -2.02. The fourth-order valence-corrected chi connectivity index (χ4v) is 1.46. The molecule has 0 bridgehead atoms. The van der Waals surface area contributed by atoms with E-state index in [1.807, 2.05) is 0 Å². The Bertz CT molecular complexity index is 685. The minimum atomic E-state index is -0.586. The van der Waals surface area contributed by atoms with Gasteiger partial charge in [0, 0.05) is 6.92 Å². The van der Waals surface area contributed by atoms with Gasteiger partial charge < -0.3 is 10.3 Å². The highest BCUT2D eigenvalue weighted by Crippen LogP contribution is 2.07. The molecule has 0 atom stereocenters. The fraction of sp³-hybridized carbons (Fsp3) is 0.222. The van der Waals surface area contributed by atoms with Gasteiger partial charge in [-0.05, 0) is 0 Å². The van der Waals surface area contributed by atoms with Crippen molar-refractivity contribution < 1.29 is 9.59 Å². The van der Waals surface area contributed by atoms with Crippen LogP contribution in [0.1, 0.15) is 6.92 Å². The quantitative estimate of drug-likeness (QED) is 0.613. The van der Waals surface area contributed by atoms with Crippen LogP contribution in [0.3, 0.4) is 0 Å². The molecular formula is C9H10N6O3. The number of carbonyl (C=O) groups is 2. The minimum Gasteiger partial charge on any atom is -0.368 e. The molecule has 0 spiro atoms. The molecule has 0 saturated heterocycles.